The van der Waals surface area contributed by atoms with Crippen molar-refractivity contribution in [2.75, 3.05) is 13.1 Å². The monoisotopic (exact) mass is 364 g/mol. The van der Waals surface area contributed by atoms with Crippen LogP contribution in [0.4, 0.5) is 0 Å². The van der Waals surface area contributed by atoms with Gasteiger partial charge in [0.1, 0.15) is 6.04 Å². The third kappa shape index (κ3) is 3.56. The van der Waals surface area contributed by atoms with Crippen LogP contribution >= 0.6 is 0 Å². The molecule has 136 valence electrons. The molecule has 1 aromatic carbocycles. The van der Waals surface area contributed by atoms with Gasteiger partial charge in [0, 0.05) is 19.5 Å². The van der Waals surface area contributed by atoms with Crippen molar-refractivity contribution < 1.29 is 18.0 Å². The number of hydrogen-bond acceptors (Lipinski definition) is 4. The van der Waals surface area contributed by atoms with Crippen LogP contribution in [0.25, 0.3) is 0 Å². The normalized spacial score (nSPS) is 22.1. The molecular weight excluding hydrogens is 340 g/mol. The molecule has 2 heterocycles. The lowest BCUT2D eigenvalue weighted by molar-refractivity contribution is -0.137. The Kier molecular flexibility index (Phi) is 5.13. The Labute approximate surface area is 148 Å². The molecule has 1 aromatic rings. The van der Waals surface area contributed by atoms with Gasteiger partial charge in [-0.2, -0.15) is 0 Å². The SMILES string of the molecule is Cc1ccc(S(=O)(=O)N2C(=O)CC[C@H]2C(=O)N2CCCCCC2)cc1. The molecule has 0 spiro atoms. The van der Waals surface area contributed by atoms with Crippen LogP contribution in [0.2, 0.25) is 0 Å². The van der Waals surface area contributed by atoms with E-state index in [2.05, 4.69) is 0 Å². The van der Waals surface area contributed by atoms with Crippen molar-refractivity contribution in [2.45, 2.75) is 56.4 Å². The van der Waals surface area contributed by atoms with Gasteiger partial charge >= 0.3 is 0 Å². The van der Waals surface area contributed by atoms with Crippen LogP contribution in [-0.4, -0.2) is 48.6 Å². The Morgan fingerprint density at radius 1 is 1.04 bits per heavy atom. The average molecular weight is 364 g/mol. The summed E-state index contributed by atoms with van der Waals surface area (Å²) in [6.45, 7) is 3.15. The molecule has 1 atom stereocenters. The number of nitrogens with zero attached hydrogens (tertiary/aromatic N) is 2. The van der Waals surface area contributed by atoms with E-state index in [0.29, 0.717) is 13.1 Å². The molecule has 6 nitrogen and oxygen atoms in total. The Bertz CT molecular complexity index is 750. The minimum absolute atomic E-state index is 0.0574. The molecule has 0 unspecified atom stereocenters. The van der Waals surface area contributed by atoms with E-state index in [1.807, 2.05) is 6.92 Å². The topological polar surface area (TPSA) is 74.8 Å². The number of carbonyl (C=O) groups excluding carboxylic acids is 2. The van der Waals surface area contributed by atoms with Crippen molar-refractivity contribution >= 4 is 21.8 Å². The number of sulfonamides is 1. The highest BCUT2D eigenvalue weighted by Crippen LogP contribution is 2.29. The summed E-state index contributed by atoms with van der Waals surface area (Å²) in [7, 11) is -4.01. The summed E-state index contributed by atoms with van der Waals surface area (Å²) in [5.41, 5.74) is 0.934. The lowest BCUT2D eigenvalue weighted by Gasteiger charge is -2.29. The second-order valence-electron chi connectivity index (χ2n) is 6.80. The molecule has 0 aliphatic carbocycles. The van der Waals surface area contributed by atoms with Gasteiger partial charge in [-0.3, -0.25) is 9.59 Å². The van der Waals surface area contributed by atoms with Crippen LogP contribution in [0.3, 0.4) is 0 Å². The van der Waals surface area contributed by atoms with Gasteiger partial charge < -0.3 is 4.90 Å². The van der Waals surface area contributed by atoms with E-state index in [4.69, 9.17) is 0 Å². The van der Waals surface area contributed by atoms with Crippen LogP contribution in [0.15, 0.2) is 29.2 Å². The number of likely N-dealkylation sites (tertiary alicyclic amines) is 1. The first-order chi connectivity index (χ1) is 11.9. The summed E-state index contributed by atoms with van der Waals surface area (Å²) < 4.78 is 26.7. The van der Waals surface area contributed by atoms with Crippen molar-refractivity contribution in [2.24, 2.45) is 0 Å². The first kappa shape index (κ1) is 17.9. The molecule has 2 aliphatic heterocycles. The molecule has 25 heavy (non-hydrogen) atoms. The summed E-state index contributed by atoms with van der Waals surface area (Å²) in [5, 5.41) is 0. The number of aryl methyl sites for hydroxylation is 1. The van der Waals surface area contributed by atoms with E-state index in [1.165, 1.54) is 12.1 Å². The van der Waals surface area contributed by atoms with E-state index in [0.717, 1.165) is 35.6 Å². The lowest BCUT2D eigenvalue weighted by Crippen LogP contribution is -2.49. The van der Waals surface area contributed by atoms with Gasteiger partial charge in [-0.25, -0.2) is 12.7 Å². The Morgan fingerprint density at radius 3 is 2.24 bits per heavy atom. The number of benzene rings is 1. The third-order valence-corrected chi connectivity index (χ3v) is 6.79. The van der Waals surface area contributed by atoms with Crippen molar-refractivity contribution in [1.82, 2.24) is 9.21 Å². The highest BCUT2D eigenvalue weighted by molar-refractivity contribution is 7.89. The van der Waals surface area contributed by atoms with Gasteiger partial charge in [0.15, 0.2) is 0 Å². The molecule has 2 fully saturated rings. The highest BCUT2D eigenvalue weighted by Gasteiger charge is 2.45. The fourth-order valence-electron chi connectivity index (χ4n) is 3.51. The maximum atomic E-state index is 13.0. The van der Waals surface area contributed by atoms with Gasteiger partial charge in [0.2, 0.25) is 11.8 Å². The van der Waals surface area contributed by atoms with Gasteiger partial charge in [0.05, 0.1) is 4.90 Å². The standard InChI is InChI=1S/C18H24N2O4S/c1-14-6-8-15(9-7-14)25(23,24)20-16(10-11-17(20)21)18(22)19-12-4-2-3-5-13-19/h6-9,16H,2-5,10-13H2,1H3/t16-/m0/s1. The van der Waals surface area contributed by atoms with E-state index in [1.54, 1.807) is 17.0 Å². The second-order valence-corrected chi connectivity index (χ2v) is 8.62. The molecule has 2 saturated heterocycles. The van der Waals surface area contributed by atoms with E-state index in [9.17, 15) is 18.0 Å². The predicted molar refractivity (Wildman–Crippen MR) is 93.3 cm³/mol. The molecule has 0 bridgehead atoms. The minimum Gasteiger partial charge on any atom is -0.341 e. The van der Waals surface area contributed by atoms with Gasteiger partial charge in [-0.1, -0.05) is 30.5 Å². The summed E-state index contributed by atoms with van der Waals surface area (Å²) in [5.74, 6) is -0.725. The quantitative estimate of drug-likeness (QED) is 0.823. The Hall–Kier alpha value is -1.89. The molecule has 0 saturated carbocycles. The number of hydrogen-bond donors (Lipinski definition) is 0. The molecule has 0 radical (unpaired) electrons. The first-order valence-corrected chi connectivity index (χ1v) is 10.3. The highest BCUT2D eigenvalue weighted by atomic mass is 32.2. The summed E-state index contributed by atoms with van der Waals surface area (Å²) in [6, 6.07) is 5.46. The van der Waals surface area contributed by atoms with Gasteiger partial charge in [-0.05, 0) is 38.3 Å². The van der Waals surface area contributed by atoms with E-state index in [-0.39, 0.29) is 23.6 Å². The van der Waals surface area contributed by atoms with Crippen molar-refractivity contribution in [3.63, 3.8) is 0 Å². The van der Waals surface area contributed by atoms with E-state index < -0.39 is 22.0 Å². The molecular formula is C18H24N2O4S. The largest absolute Gasteiger partial charge is 0.341 e. The maximum Gasteiger partial charge on any atom is 0.267 e. The molecule has 7 heteroatoms. The smallest absolute Gasteiger partial charge is 0.267 e. The van der Waals surface area contributed by atoms with Crippen molar-refractivity contribution in [3.8, 4) is 0 Å². The van der Waals surface area contributed by atoms with Crippen LogP contribution in [0.5, 0.6) is 0 Å². The zero-order valence-corrected chi connectivity index (χ0v) is 15.3. The summed E-state index contributed by atoms with van der Waals surface area (Å²) >= 11 is 0. The second kappa shape index (κ2) is 7.15. The Morgan fingerprint density at radius 2 is 1.64 bits per heavy atom. The molecule has 0 N–H and O–H groups in total. The average Bonchev–Trinajstić information content (AvgIpc) is 2.81. The molecule has 0 aromatic heterocycles. The first-order valence-electron chi connectivity index (χ1n) is 8.84. The maximum absolute atomic E-state index is 13.0. The zero-order valence-electron chi connectivity index (χ0n) is 14.5. The lowest BCUT2D eigenvalue weighted by atomic mass is 10.2. The predicted octanol–water partition coefficient (Wildman–Crippen LogP) is 2.08. The van der Waals surface area contributed by atoms with Crippen LogP contribution in [-0.2, 0) is 19.6 Å². The number of rotatable bonds is 3. The van der Waals surface area contributed by atoms with Crippen molar-refractivity contribution in [3.05, 3.63) is 29.8 Å². The third-order valence-electron chi connectivity index (χ3n) is 4.94. The molecule has 3 rings (SSSR count). The Balaban J connectivity index is 1.88. The van der Waals surface area contributed by atoms with Crippen LogP contribution < -0.4 is 0 Å². The molecule has 2 aliphatic rings. The fraction of sp³-hybridized carbons (Fsp3) is 0.556. The fourth-order valence-corrected chi connectivity index (χ4v) is 5.11. The van der Waals surface area contributed by atoms with Crippen LogP contribution in [0, 0.1) is 6.92 Å². The van der Waals surface area contributed by atoms with E-state index >= 15 is 0 Å². The minimum atomic E-state index is -4.01. The zero-order chi connectivity index (χ0) is 18.0. The van der Waals surface area contributed by atoms with Crippen molar-refractivity contribution in [1.29, 1.82) is 0 Å². The number of carbonyl (C=O) groups is 2. The molecule has 2 amide bonds. The number of amides is 2. The van der Waals surface area contributed by atoms with Gasteiger partial charge in [0.25, 0.3) is 10.0 Å². The van der Waals surface area contributed by atoms with Gasteiger partial charge in [-0.15, -0.1) is 0 Å². The summed E-state index contributed by atoms with van der Waals surface area (Å²) in [6.07, 6.45) is 4.38. The van der Waals surface area contributed by atoms with Crippen LogP contribution in [0.1, 0.15) is 44.1 Å². The summed E-state index contributed by atoms with van der Waals surface area (Å²) in [4.78, 5) is 27.0.